The van der Waals surface area contributed by atoms with Crippen LogP contribution in [0.15, 0.2) is 66.9 Å². The zero-order valence-electron chi connectivity index (χ0n) is 18.6. The summed E-state index contributed by atoms with van der Waals surface area (Å²) in [5.74, 6) is 0.957. The van der Waals surface area contributed by atoms with Gasteiger partial charge in [0, 0.05) is 31.5 Å². The molecule has 1 saturated heterocycles. The Morgan fingerprint density at radius 1 is 1.03 bits per heavy atom. The van der Waals surface area contributed by atoms with Gasteiger partial charge in [0.05, 0.1) is 11.7 Å². The van der Waals surface area contributed by atoms with Gasteiger partial charge in [-0.3, -0.25) is 4.79 Å². The molecule has 5 nitrogen and oxygen atoms in total. The third kappa shape index (κ3) is 4.88. The lowest BCUT2D eigenvalue weighted by Gasteiger charge is -2.39. The van der Waals surface area contributed by atoms with Gasteiger partial charge in [0.25, 0.3) is 0 Å². The van der Waals surface area contributed by atoms with Crippen LogP contribution in [0.1, 0.15) is 44.6 Å². The Hall–Kier alpha value is -2.92. The van der Waals surface area contributed by atoms with Gasteiger partial charge in [-0.2, -0.15) is 0 Å². The molecular formula is C26H31N3O2. The highest BCUT2D eigenvalue weighted by molar-refractivity contribution is 5.78. The SMILES string of the molecule is CC(C)(C)[C@H](c1nc(-c2ccccc2)cn1Cc1ccccc1)N1CCCOCC1=O. The molecular weight excluding hydrogens is 386 g/mol. The standard InChI is InChI=1S/C26H31N3O2/c1-26(2,3)24(29-15-10-16-31-19-23(29)30)25-27-22(21-13-8-5-9-14-21)18-28(25)17-20-11-6-4-7-12-20/h4-9,11-14,18,24H,10,15-17,19H2,1-3H3/t24-/m0/s1. The number of rotatable bonds is 5. The lowest BCUT2D eigenvalue weighted by atomic mass is 9.84. The lowest BCUT2D eigenvalue weighted by molar-refractivity contribution is -0.138. The van der Waals surface area contributed by atoms with Crippen LogP contribution < -0.4 is 0 Å². The summed E-state index contributed by atoms with van der Waals surface area (Å²) in [6.45, 7) is 8.69. The van der Waals surface area contributed by atoms with E-state index in [-0.39, 0.29) is 24.0 Å². The maximum atomic E-state index is 13.0. The van der Waals surface area contributed by atoms with Crippen molar-refractivity contribution < 1.29 is 9.53 Å². The third-order valence-electron chi connectivity index (χ3n) is 5.68. The molecule has 4 rings (SSSR count). The van der Waals surface area contributed by atoms with E-state index in [4.69, 9.17) is 9.72 Å². The Kier molecular flexibility index (Phi) is 6.23. The van der Waals surface area contributed by atoms with E-state index in [0.29, 0.717) is 19.7 Å². The summed E-state index contributed by atoms with van der Waals surface area (Å²) >= 11 is 0. The van der Waals surface area contributed by atoms with Crippen LogP contribution in [0.25, 0.3) is 11.3 Å². The highest BCUT2D eigenvalue weighted by Gasteiger charge is 2.38. The largest absolute Gasteiger partial charge is 0.372 e. The molecule has 1 aliphatic rings. The summed E-state index contributed by atoms with van der Waals surface area (Å²) in [4.78, 5) is 20.1. The predicted molar refractivity (Wildman–Crippen MR) is 123 cm³/mol. The molecule has 1 aromatic heterocycles. The predicted octanol–water partition coefficient (Wildman–Crippen LogP) is 4.93. The van der Waals surface area contributed by atoms with Crippen LogP contribution in [0.4, 0.5) is 0 Å². The Bertz CT molecular complexity index is 1010. The van der Waals surface area contributed by atoms with E-state index in [1.165, 1.54) is 5.56 Å². The molecule has 0 spiro atoms. The maximum Gasteiger partial charge on any atom is 0.249 e. The van der Waals surface area contributed by atoms with Crippen LogP contribution in [0.5, 0.6) is 0 Å². The van der Waals surface area contributed by atoms with Gasteiger partial charge in [0.15, 0.2) is 0 Å². The second-order valence-electron chi connectivity index (χ2n) is 9.23. The van der Waals surface area contributed by atoms with Crippen molar-refractivity contribution in [3.8, 4) is 11.3 Å². The van der Waals surface area contributed by atoms with E-state index in [9.17, 15) is 4.79 Å². The second-order valence-corrected chi connectivity index (χ2v) is 9.23. The van der Waals surface area contributed by atoms with Crippen LogP contribution in [-0.4, -0.2) is 40.1 Å². The normalized spacial score (nSPS) is 16.2. The molecule has 0 N–H and O–H groups in total. The molecule has 0 aliphatic carbocycles. The Morgan fingerprint density at radius 3 is 2.39 bits per heavy atom. The summed E-state index contributed by atoms with van der Waals surface area (Å²) in [7, 11) is 0. The highest BCUT2D eigenvalue weighted by Crippen LogP contribution is 2.39. The average Bonchev–Trinajstić information content (AvgIpc) is 3.03. The first-order valence-corrected chi connectivity index (χ1v) is 11.0. The fourth-order valence-electron chi connectivity index (χ4n) is 4.27. The fraction of sp³-hybridized carbons (Fsp3) is 0.385. The number of imidazole rings is 1. The second kappa shape index (κ2) is 9.06. The molecule has 0 saturated carbocycles. The summed E-state index contributed by atoms with van der Waals surface area (Å²) in [6, 6.07) is 20.5. The lowest BCUT2D eigenvalue weighted by Crippen LogP contribution is -2.43. The molecule has 3 aromatic rings. The third-order valence-corrected chi connectivity index (χ3v) is 5.68. The molecule has 1 amide bonds. The van der Waals surface area contributed by atoms with Crippen LogP contribution in [0.2, 0.25) is 0 Å². The van der Waals surface area contributed by atoms with E-state index < -0.39 is 0 Å². The summed E-state index contributed by atoms with van der Waals surface area (Å²) in [6.07, 6.45) is 2.96. The van der Waals surface area contributed by atoms with Gasteiger partial charge in [-0.15, -0.1) is 0 Å². The van der Waals surface area contributed by atoms with E-state index in [0.717, 1.165) is 23.5 Å². The average molecular weight is 418 g/mol. The number of ether oxygens (including phenoxy) is 1. The Balaban J connectivity index is 1.82. The highest BCUT2D eigenvalue weighted by atomic mass is 16.5. The molecule has 2 aromatic carbocycles. The summed E-state index contributed by atoms with van der Waals surface area (Å²) in [5.41, 5.74) is 3.03. The quantitative estimate of drug-likeness (QED) is 0.591. The fourth-order valence-corrected chi connectivity index (χ4v) is 4.27. The number of hydrogen-bond donors (Lipinski definition) is 0. The van der Waals surface area contributed by atoms with Gasteiger partial charge >= 0.3 is 0 Å². The number of amides is 1. The molecule has 1 fully saturated rings. The van der Waals surface area contributed by atoms with Gasteiger partial charge in [-0.05, 0) is 17.4 Å². The number of carbonyl (C=O) groups excluding carboxylic acids is 1. The molecule has 1 atom stereocenters. The Morgan fingerprint density at radius 2 is 1.71 bits per heavy atom. The van der Waals surface area contributed by atoms with Gasteiger partial charge in [-0.1, -0.05) is 81.4 Å². The molecule has 0 unspecified atom stereocenters. The molecule has 2 heterocycles. The molecule has 31 heavy (non-hydrogen) atoms. The van der Waals surface area contributed by atoms with Crippen LogP contribution in [-0.2, 0) is 16.1 Å². The van der Waals surface area contributed by atoms with Crippen LogP contribution in [0.3, 0.4) is 0 Å². The van der Waals surface area contributed by atoms with E-state index in [1.807, 2.05) is 29.2 Å². The minimum absolute atomic E-state index is 0.0351. The van der Waals surface area contributed by atoms with Crippen LogP contribution >= 0.6 is 0 Å². The minimum Gasteiger partial charge on any atom is -0.372 e. The summed E-state index contributed by atoms with van der Waals surface area (Å²) in [5, 5.41) is 0. The van der Waals surface area contributed by atoms with Crippen molar-refractivity contribution in [3.05, 3.63) is 78.2 Å². The topological polar surface area (TPSA) is 47.4 Å². The minimum atomic E-state index is -0.187. The van der Waals surface area contributed by atoms with Crippen molar-refractivity contribution in [2.75, 3.05) is 19.8 Å². The van der Waals surface area contributed by atoms with Crippen molar-refractivity contribution in [2.45, 2.75) is 39.8 Å². The maximum absolute atomic E-state index is 13.0. The van der Waals surface area contributed by atoms with Gasteiger partial charge < -0.3 is 14.2 Å². The van der Waals surface area contributed by atoms with Gasteiger partial charge in [0.2, 0.25) is 5.91 Å². The monoisotopic (exact) mass is 417 g/mol. The number of nitrogens with zero attached hydrogens (tertiary/aromatic N) is 3. The van der Waals surface area contributed by atoms with Gasteiger partial charge in [0.1, 0.15) is 12.4 Å². The molecule has 0 bridgehead atoms. The Labute approximate surface area is 184 Å². The first-order valence-electron chi connectivity index (χ1n) is 11.0. The van der Waals surface area contributed by atoms with Crippen molar-refractivity contribution >= 4 is 5.91 Å². The van der Waals surface area contributed by atoms with E-state index in [1.54, 1.807) is 0 Å². The van der Waals surface area contributed by atoms with Crippen molar-refractivity contribution in [3.63, 3.8) is 0 Å². The zero-order chi connectivity index (χ0) is 21.8. The molecule has 5 heteroatoms. The van der Waals surface area contributed by atoms with Crippen LogP contribution in [0, 0.1) is 5.41 Å². The van der Waals surface area contributed by atoms with Gasteiger partial charge in [-0.25, -0.2) is 4.98 Å². The molecule has 0 radical (unpaired) electrons. The zero-order valence-corrected chi connectivity index (χ0v) is 18.6. The first-order chi connectivity index (χ1) is 14.9. The summed E-state index contributed by atoms with van der Waals surface area (Å²) < 4.78 is 7.73. The first kappa shape index (κ1) is 21.3. The molecule has 1 aliphatic heterocycles. The smallest absolute Gasteiger partial charge is 0.249 e. The number of hydrogen-bond acceptors (Lipinski definition) is 3. The van der Waals surface area contributed by atoms with E-state index >= 15 is 0 Å². The van der Waals surface area contributed by atoms with Crippen molar-refractivity contribution in [2.24, 2.45) is 5.41 Å². The number of carbonyl (C=O) groups is 1. The van der Waals surface area contributed by atoms with Crippen molar-refractivity contribution in [1.29, 1.82) is 0 Å². The van der Waals surface area contributed by atoms with E-state index in [2.05, 4.69) is 67.9 Å². The number of aromatic nitrogens is 2. The number of benzene rings is 2. The molecule has 162 valence electrons. The van der Waals surface area contributed by atoms with Crippen molar-refractivity contribution in [1.82, 2.24) is 14.5 Å².